The summed E-state index contributed by atoms with van der Waals surface area (Å²) < 4.78 is 0. The van der Waals surface area contributed by atoms with Gasteiger partial charge in [0.05, 0.1) is 6.42 Å². The van der Waals surface area contributed by atoms with Crippen molar-refractivity contribution in [3.05, 3.63) is 29.8 Å². The van der Waals surface area contributed by atoms with Gasteiger partial charge in [0.25, 0.3) is 5.91 Å². The molecule has 1 aromatic carbocycles. The van der Waals surface area contributed by atoms with Crippen LogP contribution in [0, 0.1) is 5.92 Å². The Morgan fingerprint density at radius 2 is 0.838 bits per heavy atom. The number of aliphatic carboxylic acids is 3. The number of carboxylic acid groups (broad SMARTS) is 3. The monoisotopic (exact) mass is 1130 g/mol. The van der Waals surface area contributed by atoms with E-state index >= 15 is 0 Å². The molecule has 0 saturated heterocycles. The predicted octanol–water partition coefficient (Wildman–Crippen LogP) is -3.85. The summed E-state index contributed by atoms with van der Waals surface area (Å²) in [5.74, 6) is -14.9. The lowest BCUT2D eigenvalue weighted by molar-refractivity contribution is -0.143. The number of carbonyl (C=O) groups is 13. The molecule has 0 aliphatic carbocycles. The van der Waals surface area contributed by atoms with Crippen LogP contribution in [0.2, 0.25) is 0 Å². The van der Waals surface area contributed by atoms with Gasteiger partial charge in [-0.3, -0.25) is 57.5 Å². The first-order chi connectivity index (χ1) is 37.8. The minimum atomic E-state index is -1.84. The lowest BCUT2D eigenvalue weighted by atomic mass is 9.96. The normalized spacial score (nSPS) is 14.3. The van der Waals surface area contributed by atoms with Gasteiger partial charge in [-0.25, -0.2) is 4.79 Å². The molecule has 0 bridgehead atoms. The molecule has 0 fully saturated rings. The van der Waals surface area contributed by atoms with Crippen molar-refractivity contribution in [1.29, 1.82) is 0 Å². The van der Waals surface area contributed by atoms with Crippen molar-refractivity contribution in [2.45, 2.75) is 171 Å². The average Bonchev–Trinajstić information content (AvgIpc) is 3.39. The number of hydrogen-bond donors (Lipinski definition) is 17. The highest BCUT2D eigenvalue weighted by Crippen LogP contribution is 2.14. The fourth-order valence-corrected chi connectivity index (χ4v) is 7.81. The van der Waals surface area contributed by atoms with E-state index < -0.39 is 176 Å². The minimum Gasteiger partial charge on any atom is -0.481 e. The number of hydrogen-bond acceptors (Lipinski definition) is 17. The number of anilines is 1. The van der Waals surface area contributed by atoms with Crippen LogP contribution in [0.1, 0.15) is 133 Å². The van der Waals surface area contributed by atoms with E-state index in [9.17, 15) is 77.6 Å². The standard InChI is InChI=1S/C50H82N14O16/c1-3-27(2)41(64-47(76)32(16-19-37(55)65)59-45(74)33(17-20-39(67)68)57-42(71)28-11-10-12-29(54)25-28)49(78)61-31(14-5-8-23-52)43(72)60-34(18-21-40(69)70)46(75)63-36(26-38(56)66)48(77)58-30(13-4-7-22-51)44(73)62-35(50(79)80)15-6-9-24-53/h10-12,25,27,30-36,41H,3-9,13-24,26,51-54H2,1-2H3,(H2,55,65)(H2,56,66)(H,57,71)(H,58,77)(H,59,74)(H,60,72)(H,61,78)(H,62,73)(H,63,75)(H,64,76)(H,67,68)(H,69,70)(H,79,80)/t27-,30-,31-,32-,33-,34-,35-,36-,41-/m0/s1. The Kier molecular flexibility index (Phi) is 33.0. The highest BCUT2D eigenvalue weighted by molar-refractivity contribution is 6.01. The Labute approximate surface area is 462 Å². The van der Waals surface area contributed by atoms with Gasteiger partial charge in [0, 0.05) is 30.5 Å². The largest absolute Gasteiger partial charge is 0.481 e. The van der Waals surface area contributed by atoms with Crippen molar-refractivity contribution in [1.82, 2.24) is 42.5 Å². The molecule has 0 aliphatic heterocycles. The van der Waals surface area contributed by atoms with Crippen LogP contribution in [-0.4, -0.2) is 160 Å². The summed E-state index contributed by atoms with van der Waals surface area (Å²) in [6, 6.07) is -6.90. The van der Waals surface area contributed by atoms with Gasteiger partial charge < -0.3 is 92.3 Å². The fourth-order valence-electron chi connectivity index (χ4n) is 7.81. The molecule has 0 heterocycles. The summed E-state index contributed by atoms with van der Waals surface area (Å²) in [6.45, 7) is 3.85. The first-order valence-corrected chi connectivity index (χ1v) is 26.4. The Morgan fingerprint density at radius 3 is 1.24 bits per heavy atom. The van der Waals surface area contributed by atoms with Crippen molar-refractivity contribution >= 4 is 82.7 Å². The average molecular weight is 1140 g/mol. The van der Waals surface area contributed by atoms with Crippen LogP contribution < -0.4 is 76.9 Å². The smallest absolute Gasteiger partial charge is 0.326 e. The number of nitrogens with two attached hydrogens (primary N) is 6. The van der Waals surface area contributed by atoms with E-state index in [0.29, 0.717) is 25.7 Å². The summed E-state index contributed by atoms with van der Waals surface area (Å²) in [6.07, 6.45) is -2.15. The summed E-state index contributed by atoms with van der Waals surface area (Å²) in [4.78, 5) is 170. The van der Waals surface area contributed by atoms with E-state index in [0.717, 1.165) is 0 Å². The number of benzene rings is 1. The van der Waals surface area contributed by atoms with Gasteiger partial charge in [-0.2, -0.15) is 0 Å². The van der Waals surface area contributed by atoms with Crippen molar-refractivity contribution in [2.24, 2.45) is 34.6 Å². The number of unbranched alkanes of at least 4 members (excludes halogenated alkanes) is 3. The molecular formula is C50H82N14O16. The molecule has 1 rings (SSSR count). The van der Waals surface area contributed by atoms with Crippen LogP contribution in [0.25, 0.3) is 0 Å². The Bertz CT molecular complexity index is 2290. The lowest BCUT2D eigenvalue weighted by Crippen LogP contribution is -2.61. The number of rotatable bonds is 42. The number of carboxylic acids is 3. The topological polar surface area (TPSA) is 535 Å². The number of primary amides is 2. The second-order valence-electron chi connectivity index (χ2n) is 19.1. The number of amides is 10. The highest BCUT2D eigenvalue weighted by Gasteiger charge is 2.37. The van der Waals surface area contributed by atoms with Crippen LogP contribution in [0.4, 0.5) is 5.69 Å². The van der Waals surface area contributed by atoms with Gasteiger partial charge >= 0.3 is 17.9 Å². The maximum absolute atomic E-state index is 14.3. The van der Waals surface area contributed by atoms with Crippen molar-refractivity contribution in [2.75, 3.05) is 25.4 Å². The van der Waals surface area contributed by atoms with E-state index in [1.165, 1.54) is 24.3 Å². The zero-order valence-electron chi connectivity index (χ0n) is 45.3. The Hall–Kier alpha value is -7.99. The van der Waals surface area contributed by atoms with Crippen molar-refractivity contribution < 1.29 is 77.6 Å². The SMILES string of the molecule is CC[C@H](C)[C@H](NC(=O)[C@H](CCC(N)=O)NC(=O)[C@H](CCC(=O)O)NC(=O)c1cccc(N)c1)C(=O)N[C@@H](CCCCN)C(=O)N[C@@H](CCC(=O)O)C(=O)N[C@@H](CC(N)=O)C(=O)N[C@@H](CCCCN)C(=O)N[C@@H](CCCCN)C(=O)O. The maximum Gasteiger partial charge on any atom is 0.326 e. The highest BCUT2D eigenvalue weighted by atomic mass is 16.4. The minimum absolute atomic E-state index is 0.0110. The molecule has 0 saturated carbocycles. The molecule has 0 radical (unpaired) electrons. The first kappa shape index (κ1) is 70.0. The van der Waals surface area contributed by atoms with E-state index in [2.05, 4.69) is 42.5 Å². The van der Waals surface area contributed by atoms with Crippen LogP contribution >= 0.6 is 0 Å². The van der Waals surface area contributed by atoms with Crippen LogP contribution in [0.3, 0.4) is 0 Å². The third-order valence-corrected chi connectivity index (χ3v) is 12.6. The molecule has 0 aromatic heterocycles. The van der Waals surface area contributed by atoms with E-state index in [1.54, 1.807) is 13.8 Å². The fraction of sp³-hybridized carbons (Fsp3) is 0.620. The third-order valence-electron chi connectivity index (χ3n) is 12.6. The van der Waals surface area contributed by atoms with E-state index in [-0.39, 0.29) is 69.4 Å². The molecule has 0 unspecified atom stereocenters. The molecule has 30 heteroatoms. The molecule has 30 nitrogen and oxygen atoms in total. The molecular weight excluding hydrogens is 1050 g/mol. The second-order valence-corrected chi connectivity index (χ2v) is 19.1. The number of carbonyl (C=O) groups excluding carboxylic acids is 10. The summed E-state index contributed by atoms with van der Waals surface area (Å²) in [5.41, 5.74) is 33.7. The van der Waals surface area contributed by atoms with Gasteiger partial charge in [-0.05, 0) is 121 Å². The Balaban J connectivity index is 3.58. The maximum atomic E-state index is 14.3. The summed E-state index contributed by atoms with van der Waals surface area (Å²) >= 11 is 0. The summed E-state index contributed by atoms with van der Waals surface area (Å²) in [5, 5.41) is 48.1. The first-order valence-electron chi connectivity index (χ1n) is 26.4. The Morgan fingerprint density at radius 1 is 0.463 bits per heavy atom. The van der Waals surface area contributed by atoms with Crippen LogP contribution in [-0.2, 0) is 57.5 Å². The van der Waals surface area contributed by atoms with Crippen LogP contribution in [0.5, 0.6) is 0 Å². The zero-order valence-corrected chi connectivity index (χ0v) is 45.3. The van der Waals surface area contributed by atoms with Gasteiger partial charge in [-0.15, -0.1) is 0 Å². The number of nitrogens with one attached hydrogen (secondary N) is 8. The van der Waals surface area contributed by atoms with Gasteiger partial charge in [0.2, 0.25) is 53.2 Å². The molecule has 23 N–H and O–H groups in total. The summed E-state index contributed by atoms with van der Waals surface area (Å²) in [7, 11) is 0. The van der Waals surface area contributed by atoms with Crippen LogP contribution in [0.15, 0.2) is 24.3 Å². The second kappa shape index (κ2) is 37.8. The van der Waals surface area contributed by atoms with Gasteiger partial charge in [-0.1, -0.05) is 26.3 Å². The quantitative estimate of drug-likeness (QED) is 0.0220. The van der Waals surface area contributed by atoms with E-state index in [4.69, 9.17) is 34.4 Å². The molecule has 0 spiro atoms. The predicted molar refractivity (Wildman–Crippen MR) is 287 cm³/mol. The lowest BCUT2D eigenvalue weighted by Gasteiger charge is -2.29. The molecule has 80 heavy (non-hydrogen) atoms. The van der Waals surface area contributed by atoms with Crippen molar-refractivity contribution in [3.8, 4) is 0 Å². The zero-order chi connectivity index (χ0) is 60.5. The molecule has 1 aromatic rings. The van der Waals surface area contributed by atoms with Gasteiger partial charge in [0.15, 0.2) is 0 Å². The third kappa shape index (κ3) is 27.5. The van der Waals surface area contributed by atoms with Crippen molar-refractivity contribution in [3.63, 3.8) is 0 Å². The van der Waals surface area contributed by atoms with E-state index in [1.807, 2.05) is 0 Å². The molecule has 448 valence electrons. The molecule has 0 aliphatic rings. The van der Waals surface area contributed by atoms with Gasteiger partial charge in [0.1, 0.15) is 48.3 Å². The molecule has 9 atom stereocenters. The number of nitrogen functional groups attached to an aromatic ring is 1. The molecule has 10 amide bonds.